The highest BCUT2D eigenvalue weighted by molar-refractivity contribution is 7.71. The molecular weight excluding hydrogens is 270 g/mol. The predicted molar refractivity (Wildman–Crippen MR) is 82.7 cm³/mol. The van der Waals surface area contributed by atoms with E-state index in [0.29, 0.717) is 4.77 Å². The number of fused-ring (bicyclic) bond motifs is 1. The molecule has 0 atom stereocenters. The largest absolute Gasteiger partial charge is 0.350 e. The SMILES string of the molecule is CCc1n[nH]c(=S)n1/N=C/c1cn(C)c2ccccc12. The Morgan fingerprint density at radius 2 is 2.20 bits per heavy atom. The van der Waals surface area contributed by atoms with Crippen LogP contribution < -0.4 is 0 Å². The third kappa shape index (κ3) is 2.08. The van der Waals surface area contributed by atoms with Crippen molar-refractivity contribution < 1.29 is 0 Å². The van der Waals surface area contributed by atoms with Gasteiger partial charge in [-0.1, -0.05) is 25.1 Å². The Bertz CT molecular complexity index is 837. The molecular formula is C14H15N5S. The number of para-hydroxylation sites is 1. The Labute approximate surface area is 121 Å². The minimum atomic E-state index is 0.512. The van der Waals surface area contributed by atoms with Crippen LogP contribution in [0.2, 0.25) is 0 Å². The Morgan fingerprint density at radius 1 is 1.40 bits per heavy atom. The zero-order valence-corrected chi connectivity index (χ0v) is 12.2. The van der Waals surface area contributed by atoms with Crippen molar-refractivity contribution in [3.63, 3.8) is 0 Å². The average molecular weight is 285 g/mol. The van der Waals surface area contributed by atoms with Crippen LogP contribution in [0.25, 0.3) is 10.9 Å². The number of nitrogens with one attached hydrogen (secondary N) is 1. The summed E-state index contributed by atoms with van der Waals surface area (Å²) in [6, 6.07) is 8.24. The molecule has 0 unspecified atom stereocenters. The average Bonchev–Trinajstić information content (AvgIpc) is 2.98. The molecule has 6 heteroatoms. The molecule has 0 saturated carbocycles. The van der Waals surface area contributed by atoms with Crippen molar-refractivity contribution in [1.82, 2.24) is 19.4 Å². The molecule has 0 radical (unpaired) electrons. The lowest BCUT2D eigenvalue weighted by Gasteiger charge is -1.96. The first kappa shape index (κ1) is 12.8. The molecule has 2 aromatic heterocycles. The topological polar surface area (TPSA) is 50.9 Å². The van der Waals surface area contributed by atoms with Crippen molar-refractivity contribution >= 4 is 29.3 Å². The van der Waals surface area contributed by atoms with E-state index in [4.69, 9.17) is 12.2 Å². The number of H-pyrrole nitrogens is 1. The highest BCUT2D eigenvalue weighted by Crippen LogP contribution is 2.18. The quantitative estimate of drug-likeness (QED) is 0.594. The van der Waals surface area contributed by atoms with Crippen molar-refractivity contribution in [2.24, 2.45) is 12.1 Å². The van der Waals surface area contributed by atoms with Gasteiger partial charge in [-0.15, -0.1) is 0 Å². The molecule has 102 valence electrons. The van der Waals surface area contributed by atoms with Crippen molar-refractivity contribution in [3.8, 4) is 0 Å². The number of hydrogen-bond acceptors (Lipinski definition) is 3. The minimum absolute atomic E-state index is 0.512. The van der Waals surface area contributed by atoms with Crippen molar-refractivity contribution in [1.29, 1.82) is 0 Å². The van der Waals surface area contributed by atoms with E-state index in [-0.39, 0.29) is 0 Å². The Morgan fingerprint density at radius 3 is 3.00 bits per heavy atom. The maximum absolute atomic E-state index is 5.18. The van der Waals surface area contributed by atoms with Crippen LogP contribution in [0.3, 0.4) is 0 Å². The molecule has 0 spiro atoms. The fourth-order valence-electron chi connectivity index (χ4n) is 2.27. The maximum atomic E-state index is 5.18. The van der Waals surface area contributed by atoms with Crippen LogP contribution >= 0.6 is 12.2 Å². The summed E-state index contributed by atoms with van der Waals surface area (Å²) in [5.74, 6) is 0.825. The van der Waals surface area contributed by atoms with Gasteiger partial charge in [0.1, 0.15) is 0 Å². The highest BCUT2D eigenvalue weighted by Gasteiger charge is 2.05. The Balaban J connectivity index is 2.07. The molecule has 0 aliphatic heterocycles. The third-order valence-corrected chi connectivity index (χ3v) is 3.54. The molecule has 0 aliphatic carbocycles. The number of aromatic amines is 1. The molecule has 0 amide bonds. The van der Waals surface area contributed by atoms with E-state index in [1.54, 1.807) is 4.68 Å². The van der Waals surface area contributed by atoms with E-state index >= 15 is 0 Å². The lowest BCUT2D eigenvalue weighted by Crippen LogP contribution is -1.97. The van der Waals surface area contributed by atoms with Gasteiger partial charge in [0.2, 0.25) is 4.77 Å². The molecule has 20 heavy (non-hydrogen) atoms. The molecule has 0 saturated heterocycles. The molecule has 0 bridgehead atoms. The van der Waals surface area contributed by atoms with E-state index in [1.807, 2.05) is 32.3 Å². The lowest BCUT2D eigenvalue weighted by atomic mass is 10.2. The van der Waals surface area contributed by atoms with Gasteiger partial charge in [0, 0.05) is 36.1 Å². The third-order valence-electron chi connectivity index (χ3n) is 3.27. The van der Waals surface area contributed by atoms with Crippen LogP contribution in [0.15, 0.2) is 35.6 Å². The van der Waals surface area contributed by atoms with E-state index in [2.05, 4.69) is 38.2 Å². The number of benzene rings is 1. The van der Waals surface area contributed by atoms with E-state index in [9.17, 15) is 0 Å². The second-order valence-electron chi connectivity index (χ2n) is 4.57. The Hall–Kier alpha value is -2.21. The summed E-state index contributed by atoms with van der Waals surface area (Å²) in [7, 11) is 2.03. The minimum Gasteiger partial charge on any atom is -0.350 e. The lowest BCUT2D eigenvalue weighted by molar-refractivity contribution is 0.780. The summed E-state index contributed by atoms with van der Waals surface area (Å²) in [4.78, 5) is 0. The van der Waals surface area contributed by atoms with Crippen LogP contribution in [0.1, 0.15) is 18.3 Å². The molecule has 0 fully saturated rings. The summed E-state index contributed by atoms with van der Waals surface area (Å²) in [5, 5.41) is 12.5. The van der Waals surface area contributed by atoms with Gasteiger partial charge in [0.05, 0.1) is 6.21 Å². The second-order valence-corrected chi connectivity index (χ2v) is 4.95. The summed E-state index contributed by atoms with van der Waals surface area (Å²) in [6.45, 7) is 2.02. The van der Waals surface area contributed by atoms with E-state index in [0.717, 1.165) is 17.8 Å². The fraction of sp³-hybridized carbons (Fsp3) is 0.214. The first-order valence-electron chi connectivity index (χ1n) is 6.45. The molecule has 3 aromatic rings. The molecule has 2 heterocycles. The summed E-state index contributed by atoms with van der Waals surface area (Å²) < 4.78 is 4.27. The molecule has 0 aliphatic rings. The molecule has 1 N–H and O–H groups in total. The van der Waals surface area contributed by atoms with Gasteiger partial charge >= 0.3 is 0 Å². The number of rotatable bonds is 3. The monoisotopic (exact) mass is 285 g/mol. The first-order chi connectivity index (χ1) is 9.70. The van der Waals surface area contributed by atoms with E-state index in [1.165, 1.54) is 10.9 Å². The first-order valence-corrected chi connectivity index (χ1v) is 6.86. The predicted octanol–water partition coefficient (Wildman–Crippen LogP) is 2.88. The molecule has 3 rings (SSSR count). The van der Waals surface area contributed by atoms with Gasteiger partial charge in [-0.2, -0.15) is 14.9 Å². The summed E-state index contributed by atoms with van der Waals surface area (Å²) in [6.07, 6.45) is 4.66. The van der Waals surface area contributed by atoms with Crippen LogP contribution in [-0.4, -0.2) is 25.7 Å². The van der Waals surface area contributed by atoms with Gasteiger partial charge in [0.15, 0.2) is 5.82 Å². The standard InChI is InChI=1S/C14H15N5S/c1-3-13-16-17-14(20)19(13)15-8-10-9-18(2)12-7-5-4-6-11(10)12/h4-9H,3H2,1-2H3,(H,17,20)/b15-8+. The molecule has 5 nitrogen and oxygen atoms in total. The Kier molecular flexibility index (Phi) is 3.23. The number of hydrogen-bond donors (Lipinski definition) is 1. The van der Waals surface area contributed by atoms with Crippen molar-refractivity contribution in [2.45, 2.75) is 13.3 Å². The van der Waals surface area contributed by atoms with Gasteiger partial charge in [0.25, 0.3) is 0 Å². The van der Waals surface area contributed by atoms with Gasteiger partial charge in [-0.05, 0) is 18.3 Å². The van der Waals surface area contributed by atoms with Crippen molar-refractivity contribution in [2.75, 3.05) is 0 Å². The second kappa shape index (κ2) is 5.05. The number of aromatic nitrogens is 4. The van der Waals surface area contributed by atoms with Crippen LogP contribution in [0.4, 0.5) is 0 Å². The molecule has 1 aromatic carbocycles. The smallest absolute Gasteiger partial charge is 0.216 e. The maximum Gasteiger partial charge on any atom is 0.216 e. The zero-order chi connectivity index (χ0) is 14.1. The van der Waals surface area contributed by atoms with Gasteiger partial charge < -0.3 is 4.57 Å². The number of nitrogens with zero attached hydrogens (tertiary/aromatic N) is 4. The zero-order valence-electron chi connectivity index (χ0n) is 11.4. The van der Waals surface area contributed by atoms with Gasteiger partial charge in [-0.25, -0.2) is 0 Å². The van der Waals surface area contributed by atoms with Gasteiger partial charge in [-0.3, -0.25) is 5.10 Å². The van der Waals surface area contributed by atoms with Crippen LogP contribution in [-0.2, 0) is 13.5 Å². The van der Waals surface area contributed by atoms with Crippen LogP contribution in [0.5, 0.6) is 0 Å². The van der Waals surface area contributed by atoms with Crippen LogP contribution in [0, 0.1) is 4.77 Å². The van der Waals surface area contributed by atoms with Crippen molar-refractivity contribution in [3.05, 3.63) is 46.6 Å². The summed E-state index contributed by atoms with van der Waals surface area (Å²) >= 11 is 5.18. The fourth-order valence-corrected chi connectivity index (χ4v) is 2.47. The normalized spacial score (nSPS) is 11.7. The number of aryl methyl sites for hydroxylation is 2. The van der Waals surface area contributed by atoms with E-state index < -0.39 is 0 Å². The highest BCUT2D eigenvalue weighted by atomic mass is 32.1. The summed E-state index contributed by atoms with van der Waals surface area (Å²) in [5.41, 5.74) is 2.24.